The maximum Gasteiger partial charge on any atom is 0.230 e. The molecule has 4 heteroatoms. The molecule has 3 rings (SSSR count). The molecule has 1 aromatic heterocycles. The van der Waals surface area contributed by atoms with Crippen LogP contribution in [0.15, 0.2) is 11.4 Å². The number of fused-ring (bicyclic) bond motifs is 1. The minimum Gasteiger partial charge on any atom is -0.341 e. The Balaban J connectivity index is 1.76. The van der Waals surface area contributed by atoms with Crippen molar-refractivity contribution in [3.63, 3.8) is 0 Å². The highest BCUT2D eigenvalue weighted by atomic mass is 32.1. The number of likely N-dealkylation sites (tertiary alicyclic amines) is 1. The summed E-state index contributed by atoms with van der Waals surface area (Å²) in [5.74, 6) is 0.578. The van der Waals surface area contributed by atoms with E-state index >= 15 is 0 Å². The normalized spacial score (nSPS) is 23.9. The van der Waals surface area contributed by atoms with E-state index in [1.54, 1.807) is 11.3 Å². The largest absolute Gasteiger partial charge is 0.341 e. The van der Waals surface area contributed by atoms with E-state index in [1.165, 1.54) is 10.4 Å². The van der Waals surface area contributed by atoms with Crippen LogP contribution >= 0.6 is 11.3 Å². The van der Waals surface area contributed by atoms with Crippen molar-refractivity contribution < 1.29 is 9.59 Å². The average molecular weight is 263 g/mol. The van der Waals surface area contributed by atoms with E-state index in [4.69, 9.17) is 0 Å². The Hall–Kier alpha value is -1.16. The number of nitrogens with zero attached hydrogens (tertiary/aromatic N) is 1. The van der Waals surface area contributed by atoms with Crippen LogP contribution in [0, 0.1) is 0 Å². The summed E-state index contributed by atoms with van der Waals surface area (Å²) < 4.78 is 0. The van der Waals surface area contributed by atoms with Crippen LogP contribution in [0.4, 0.5) is 0 Å². The first kappa shape index (κ1) is 11.9. The Bertz CT molecular complexity index is 470. The highest BCUT2D eigenvalue weighted by Crippen LogP contribution is 2.36. The summed E-state index contributed by atoms with van der Waals surface area (Å²) in [5, 5.41) is 2.09. The maximum absolute atomic E-state index is 12.5. The molecule has 0 aromatic carbocycles. The molecule has 0 bridgehead atoms. The molecule has 1 unspecified atom stereocenters. The number of carbonyl (C=O) groups is 2. The fourth-order valence-electron chi connectivity index (χ4n) is 2.94. The van der Waals surface area contributed by atoms with Crippen LogP contribution in [-0.4, -0.2) is 29.7 Å². The SMILES string of the molecule is O=C1CCN(C(=O)C2CCCc3sccc32)CC1. The van der Waals surface area contributed by atoms with Crippen molar-refractivity contribution in [3.05, 3.63) is 21.9 Å². The Kier molecular flexibility index (Phi) is 3.20. The van der Waals surface area contributed by atoms with E-state index in [2.05, 4.69) is 11.4 Å². The number of thiophene rings is 1. The predicted molar refractivity (Wildman–Crippen MR) is 70.8 cm³/mol. The second kappa shape index (κ2) is 4.84. The van der Waals surface area contributed by atoms with Crippen LogP contribution < -0.4 is 0 Å². The van der Waals surface area contributed by atoms with Gasteiger partial charge in [-0.15, -0.1) is 11.3 Å². The van der Waals surface area contributed by atoms with E-state index < -0.39 is 0 Å². The van der Waals surface area contributed by atoms with Crippen molar-refractivity contribution in [3.8, 4) is 0 Å². The van der Waals surface area contributed by atoms with Crippen LogP contribution in [-0.2, 0) is 16.0 Å². The van der Waals surface area contributed by atoms with Gasteiger partial charge in [0, 0.05) is 30.8 Å². The Morgan fingerprint density at radius 1 is 1.28 bits per heavy atom. The van der Waals surface area contributed by atoms with Gasteiger partial charge in [-0.3, -0.25) is 9.59 Å². The first-order valence-electron chi connectivity index (χ1n) is 6.62. The fraction of sp³-hybridized carbons (Fsp3) is 0.571. The van der Waals surface area contributed by atoms with E-state index in [1.807, 2.05) is 4.90 Å². The second-order valence-corrected chi connectivity index (χ2v) is 6.11. The van der Waals surface area contributed by atoms with Gasteiger partial charge in [-0.05, 0) is 36.3 Å². The number of hydrogen-bond donors (Lipinski definition) is 0. The standard InChI is InChI=1S/C14H17NO2S/c16-10-4-7-15(8-5-10)14(17)12-2-1-3-13-11(12)6-9-18-13/h6,9,12H,1-5,7-8H2. The van der Waals surface area contributed by atoms with Crippen molar-refractivity contribution >= 4 is 23.0 Å². The molecule has 1 aliphatic carbocycles. The van der Waals surface area contributed by atoms with Gasteiger partial charge >= 0.3 is 0 Å². The third-order valence-electron chi connectivity index (χ3n) is 3.98. The Morgan fingerprint density at radius 3 is 2.83 bits per heavy atom. The van der Waals surface area contributed by atoms with Gasteiger partial charge in [-0.2, -0.15) is 0 Å². The van der Waals surface area contributed by atoms with Gasteiger partial charge in [0.05, 0.1) is 5.92 Å². The number of aryl methyl sites for hydroxylation is 1. The number of rotatable bonds is 1. The molecule has 1 aromatic rings. The zero-order chi connectivity index (χ0) is 12.5. The van der Waals surface area contributed by atoms with E-state index in [0.29, 0.717) is 31.7 Å². The van der Waals surface area contributed by atoms with Crippen LogP contribution in [0.5, 0.6) is 0 Å². The lowest BCUT2D eigenvalue weighted by Crippen LogP contribution is -2.41. The second-order valence-electron chi connectivity index (χ2n) is 5.11. The van der Waals surface area contributed by atoms with Crippen molar-refractivity contribution in [2.24, 2.45) is 0 Å². The van der Waals surface area contributed by atoms with Gasteiger partial charge < -0.3 is 4.90 Å². The van der Waals surface area contributed by atoms with Gasteiger partial charge in [0.2, 0.25) is 5.91 Å². The van der Waals surface area contributed by atoms with E-state index in [9.17, 15) is 9.59 Å². The third kappa shape index (κ3) is 2.09. The molecule has 1 amide bonds. The van der Waals surface area contributed by atoms with Crippen molar-refractivity contribution in [2.75, 3.05) is 13.1 Å². The molecule has 18 heavy (non-hydrogen) atoms. The number of hydrogen-bond acceptors (Lipinski definition) is 3. The summed E-state index contributed by atoms with van der Waals surface area (Å²) in [4.78, 5) is 27.0. The number of Topliss-reactive ketones (excluding diaryl/α,β-unsaturated/α-hetero) is 1. The Labute approximate surface area is 111 Å². The molecule has 1 atom stereocenters. The van der Waals surface area contributed by atoms with Gasteiger partial charge in [-0.25, -0.2) is 0 Å². The highest BCUT2D eigenvalue weighted by molar-refractivity contribution is 7.10. The van der Waals surface area contributed by atoms with Crippen LogP contribution in [0.1, 0.15) is 42.0 Å². The molecule has 1 saturated heterocycles. The quantitative estimate of drug-likeness (QED) is 0.780. The lowest BCUT2D eigenvalue weighted by Gasteiger charge is -2.31. The highest BCUT2D eigenvalue weighted by Gasteiger charge is 2.32. The average Bonchev–Trinajstić information content (AvgIpc) is 2.87. The maximum atomic E-state index is 12.5. The lowest BCUT2D eigenvalue weighted by atomic mass is 9.86. The van der Waals surface area contributed by atoms with Crippen LogP contribution in [0.25, 0.3) is 0 Å². The van der Waals surface area contributed by atoms with Crippen LogP contribution in [0.2, 0.25) is 0 Å². The molecule has 96 valence electrons. The molecule has 2 heterocycles. The van der Waals surface area contributed by atoms with Crippen LogP contribution in [0.3, 0.4) is 0 Å². The molecular weight excluding hydrogens is 246 g/mol. The lowest BCUT2D eigenvalue weighted by molar-refractivity contribution is -0.136. The topological polar surface area (TPSA) is 37.4 Å². The summed E-state index contributed by atoms with van der Waals surface area (Å²) >= 11 is 1.77. The molecule has 1 aliphatic heterocycles. The minimum absolute atomic E-state index is 0.0493. The molecule has 3 nitrogen and oxygen atoms in total. The predicted octanol–water partition coefficient (Wildman–Crippen LogP) is 2.36. The summed E-state index contributed by atoms with van der Waals surface area (Å²) in [6.07, 6.45) is 4.27. The first-order valence-corrected chi connectivity index (χ1v) is 7.50. The molecule has 0 radical (unpaired) electrons. The summed E-state index contributed by atoms with van der Waals surface area (Å²) in [5.41, 5.74) is 1.24. The minimum atomic E-state index is 0.0493. The fourth-order valence-corrected chi connectivity index (χ4v) is 3.93. The summed E-state index contributed by atoms with van der Waals surface area (Å²) in [7, 11) is 0. The van der Waals surface area contributed by atoms with Crippen molar-refractivity contribution in [1.82, 2.24) is 4.90 Å². The number of ketones is 1. The summed E-state index contributed by atoms with van der Waals surface area (Å²) in [6, 6.07) is 2.11. The Morgan fingerprint density at radius 2 is 2.06 bits per heavy atom. The van der Waals surface area contributed by atoms with Gasteiger partial charge in [0.15, 0.2) is 0 Å². The molecule has 2 aliphatic rings. The first-order chi connectivity index (χ1) is 8.75. The van der Waals surface area contributed by atoms with E-state index in [-0.39, 0.29) is 11.8 Å². The van der Waals surface area contributed by atoms with Gasteiger partial charge in [-0.1, -0.05) is 0 Å². The van der Waals surface area contributed by atoms with Crippen molar-refractivity contribution in [2.45, 2.75) is 38.0 Å². The molecule has 0 saturated carbocycles. The number of piperidine rings is 1. The third-order valence-corrected chi connectivity index (χ3v) is 4.98. The molecular formula is C14H17NO2S. The number of amides is 1. The molecule has 0 N–H and O–H groups in total. The smallest absolute Gasteiger partial charge is 0.230 e. The zero-order valence-electron chi connectivity index (χ0n) is 10.4. The van der Waals surface area contributed by atoms with Gasteiger partial charge in [0.1, 0.15) is 5.78 Å². The molecule has 1 fully saturated rings. The van der Waals surface area contributed by atoms with E-state index in [0.717, 1.165) is 19.3 Å². The monoisotopic (exact) mass is 263 g/mol. The number of carbonyl (C=O) groups excluding carboxylic acids is 2. The summed E-state index contributed by atoms with van der Waals surface area (Å²) in [6.45, 7) is 1.24. The van der Waals surface area contributed by atoms with Crippen molar-refractivity contribution in [1.29, 1.82) is 0 Å². The van der Waals surface area contributed by atoms with Gasteiger partial charge in [0.25, 0.3) is 0 Å². The zero-order valence-corrected chi connectivity index (χ0v) is 11.2. The molecule has 0 spiro atoms.